The first-order valence-electron chi connectivity index (χ1n) is 7.37. The molecule has 3 rings (SSSR count). The molecule has 0 aliphatic rings. The fourth-order valence-corrected chi connectivity index (χ4v) is 2.56. The van der Waals surface area contributed by atoms with Crippen LogP contribution in [0.1, 0.15) is 23.8 Å². The van der Waals surface area contributed by atoms with Crippen LogP contribution in [0.25, 0.3) is 10.9 Å². The number of nitrogens with one attached hydrogen (secondary N) is 1. The Balaban J connectivity index is 1.80. The van der Waals surface area contributed by atoms with Crippen LogP contribution in [-0.2, 0) is 13.6 Å². The van der Waals surface area contributed by atoms with Gasteiger partial charge in [-0.15, -0.1) is 0 Å². The van der Waals surface area contributed by atoms with Crippen LogP contribution in [0.4, 0.5) is 0 Å². The Kier molecular flexibility index (Phi) is 3.91. The maximum atomic E-state index is 12.6. The van der Waals surface area contributed by atoms with Crippen LogP contribution in [0.5, 0.6) is 0 Å². The topological polar surface area (TPSA) is 64.7 Å². The van der Waals surface area contributed by atoms with Crippen molar-refractivity contribution in [3.8, 4) is 0 Å². The quantitative estimate of drug-likeness (QED) is 0.783. The van der Waals surface area contributed by atoms with Crippen molar-refractivity contribution in [1.82, 2.24) is 24.6 Å². The van der Waals surface area contributed by atoms with Gasteiger partial charge in [-0.05, 0) is 12.5 Å². The number of fused-ring (bicyclic) bond motifs is 1. The minimum Gasteiger partial charge on any atom is -0.346 e. The Morgan fingerprint density at radius 3 is 2.91 bits per heavy atom. The molecule has 2 aromatic heterocycles. The molecule has 0 fully saturated rings. The van der Waals surface area contributed by atoms with E-state index in [9.17, 15) is 4.79 Å². The lowest BCUT2D eigenvalue weighted by Crippen LogP contribution is -2.37. The van der Waals surface area contributed by atoms with Crippen LogP contribution in [0.3, 0.4) is 0 Å². The van der Waals surface area contributed by atoms with Crippen LogP contribution >= 0.6 is 0 Å². The van der Waals surface area contributed by atoms with Gasteiger partial charge >= 0.3 is 0 Å². The van der Waals surface area contributed by atoms with Crippen LogP contribution < -0.4 is 5.32 Å². The molecule has 2 heterocycles. The molecule has 1 atom stereocenters. The summed E-state index contributed by atoms with van der Waals surface area (Å²) >= 11 is 0. The zero-order valence-electron chi connectivity index (χ0n) is 12.7. The van der Waals surface area contributed by atoms with Gasteiger partial charge in [-0.1, -0.05) is 25.1 Å². The number of aryl methyl sites for hydroxylation is 1. The summed E-state index contributed by atoms with van der Waals surface area (Å²) in [6.07, 6.45) is 6.23. The first kappa shape index (κ1) is 14.3. The molecular formula is C16H19N5O. The molecule has 0 spiro atoms. The standard InChI is InChI=1S/C16H19N5O/c1-3-12(10-21-9-8-17-11-21)18-16(22)15-13-6-4-5-7-14(13)20(2)19-15/h4-9,11-12H,3,10H2,1-2H3,(H,18,22)/t12-/m1/s1. The molecule has 0 bridgehead atoms. The zero-order valence-corrected chi connectivity index (χ0v) is 12.7. The van der Waals surface area contributed by atoms with Crippen molar-refractivity contribution in [3.63, 3.8) is 0 Å². The summed E-state index contributed by atoms with van der Waals surface area (Å²) in [6, 6.07) is 7.79. The smallest absolute Gasteiger partial charge is 0.272 e. The molecule has 1 aromatic carbocycles. The summed E-state index contributed by atoms with van der Waals surface area (Å²) in [5.74, 6) is -0.135. The highest BCUT2D eigenvalue weighted by atomic mass is 16.2. The van der Waals surface area contributed by atoms with E-state index in [1.54, 1.807) is 17.2 Å². The number of benzene rings is 1. The maximum absolute atomic E-state index is 12.6. The molecule has 1 amide bonds. The zero-order chi connectivity index (χ0) is 15.5. The van der Waals surface area contributed by atoms with Crippen molar-refractivity contribution >= 4 is 16.8 Å². The van der Waals surface area contributed by atoms with Crippen molar-refractivity contribution in [1.29, 1.82) is 0 Å². The summed E-state index contributed by atoms with van der Waals surface area (Å²) in [7, 11) is 1.85. The molecule has 0 saturated heterocycles. The molecular weight excluding hydrogens is 278 g/mol. The molecule has 3 aromatic rings. The van der Waals surface area contributed by atoms with Gasteiger partial charge < -0.3 is 9.88 Å². The predicted octanol–water partition coefficient (Wildman–Crippen LogP) is 1.98. The van der Waals surface area contributed by atoms with Crippen molar-refractivity contribution in [2.24, 2.45) is 7.05 Å². The minimum absolute atomic E-state index is 0.0440. The van der Waals surface area contributed by atoms with Gasteiger partial charge in [-0.25, -0.2) is 4.98 Å². The number of aromatic nitrogens is 4. The monoisotopic (exact) mass is 297 g/mol. The number of hydrogen-bond donors (Lipinski definition) is 1. The Labute approximate surface area is 128 Å². The lowest BCUT2D eigenvalue weighted by atomic mass is 10.1. The van der Waals surface area contributed by atoms with E-state index in [4.69, 9.17) is 0 Å². The first-order valence-corrected chi connectivity index (χ1v) is 7.37. The summed E-state index contributed by atoms with van der Waals surface area (Å²) in [5, 5.41) is 8.30. The van der Waals surface area contributed by atoms with Crippen LogP contribution in [-0.4, -0.2) is 31.3 Å². The molecule has 0 aliphatic carbocycles. The summed E-state index contributed by atoms with van der Waals surface area (Å²) < 4.78 is 3.70. The summed E-state index contributed by atoms with van der Waals surface area (Å²) in [5.41, 5.74) is 1.43. The van der Waals surface area contributed by atoms with E-state index in [1.165, 1.54) is 0 Å². The van der Waals surface area contributed by atoms with E-state index in [-0.39, 0.29) is 11.9 Å². The predicted molar refractivity (Wildman–Crippen MR) is 84.5 cm³/mol. The van der Waals surface area contributed by atoms with E-state index in [2.05, 4.69) is 22.3 Å². The van der Waals surface area contributed by atoms with E-state index >= 15 is 0 Å². The first-order chi connectivity index (χ1) is 10.7. The number of rotatable bonds is 5. The number of carbonyl (C=O) groups excluding carboxylic acids is 1. The van der Waals surface area contributed by atoms with Crippen LogP contribution in [0.15, 0.2) is 43.0 Å². The van der Waals surface area contributed by atoms with Gasteiger partial charge in [0.05, 0.1) is 11.8 Å². The van der Waals surface area contributed by atoms with Gasteiger partial charge in [0, 0.05) is 37.4 Å². The number of carbonyl (C=O) groups is 1. The van der Waals surface area contributed by atoms with Crippen molar-refractivity contribution in [2.75, 3.05) is 0 Å². The van der Waals surface area contributed by atoms with Gasteiger partial charge in [-0.2, -0.15) is 5.10 Å². The number of imidazole rings is 1. The molecule has 0 unspecified atom stereocenters. The minimum atomic E-state index is -0.135. The lowest BCUT2D eigenvalue weighted by molar-refractivity contribution is 0.0927. The second-order valence-electron chi connectivity index (χ2n) is 5.33. The van der Waals surface area contributed by atoms with Crippen molar-refractivity contribution in [3.05, 3.63) is 48.7 Å². The molecule has 0 radical (unpaired) electrons. The van der Waals surface area contributed by atoms with E-state index < -0.39 is 0 Å². The molecule has 114 valence electrons. The molecule has 6 heteroatoms. The summed E-state index contributed by atoms with van der Waals surface area (Å²) in [6.45, 7) is 2.76. The largest absolute Gasteiger partial charge is 0.346 e. The Bertz CT molecular complexity index is 775. The van der Waals surface area contributed by atoms with Crippen molar-refractivity contribution in [2.45, 2.75) is 25.9 Å². The second-order valence-corrected chi connectivity index (χ2v) is 5.33. The Morgan fingerprint density at radius 2 is 2.18 bits per heavy atom. The Morgan fingerprint density at radius 1 is 1.36 bits per heavy atom. The van der Waals surface area contributed by atoms with E-state index in [1.807, 2.05) is 42.1 Å². The van der Waals surface area contributed by atoms with Gasteiger partial charge in [0.25, 0.3) is 5.91 Å². The van der Waals surface area contributed by atoms with Crippen LogP contribution in [0, 0.1) is 0 Å². The van der Waals surface area contributed by atoms with Gasteiger partial charge in [0.15, 0.2) is 5.69 Å². The third kappa shape index (κ3) is 2.72. The molecule has 22 heavy (non-hydrogen) atoms. The lowest BCUT2D eigenvalue weighted by Gasteiger charge is -2.16. The third-order valence-electron chi connectivity index (χ3n) is 3.79. The highest BCUT2D eigenvalue weighted by Crippen LogP contribution is 2.17. The van der Waals surface area contributed by atoms with Crippen LogP contribution in [0.2, 0.25) is 0 Å². The number of nitrogens with zero attached hydrogens (tertiary/aromatic N) is 4. The fraction of sp³-hybridized carbons (Fsp3) is 0.312. The van der Waals surface area contributed by atoms with Gasteiger partial charge in [-0.3, -0.25) is 9.48 Å². The highest BCUT2D eigenvalue weighted by Gasteiger charge is 2.18. The number of amides is 1. The third-order valence-corrected chi connectivity index (χ3v) is 3.79. The number of para-hydroxylation sites is 1. The van der Waals surface area contributed by atoms with E-state index in [0.717, 1.165) is 17.3 Å². The van der Waals surface area contributed by atoms with Crippen molar-refractivity contribution < 1.29 is 4.79 Å². The number of hydrogen-bond acceptors (Lipinski definition) is 3. The second kappa shape index (κ2) is 6.01. The van der Waals surface area contributed by atoms with Gasteiger partial charge in [0.2, 0.25) is 0 Å². The molecule has 1 N–H and O–H groups in total. The van der Waals surface area contributed by atoms with E-state index in [0.29, 0.717) is 12.2 Å². The Hall–Kier alpha value is -2.63. The highest BCUT2D eigenvalue weighted by molar-refractivity contribution is 6.04. The molecule has 6 nitrogen and oxygen atoms in total. The molecule has 0 aliphatic heterocycles. The fourth-order valence-electron chi connectivity index (χ4n) is 2.56. The van der Waals surface area contributed by atoms with Gasteiger partial charge in [0.1, 0.15) is 0 Å². The SMILES string of the molecule is CC[C@H](Cn1ccnc1)NC(=O)c1nn(C)c2ccccc12. The average Bonchev–Trinajstić information content (AvgIpc) is 3.15. The normalized spacial score (nSPS) is 12.5. The molecule has 0 saturated carbocycles. The average molecular weight is 297 g/mol. The summed E-state index contributed by atoms with van der Waals surface area (Å²) in [4.78, 5) is 16.6. The maximum Gasteiger partial charge on any atom is 0.272 e.